The van der Waals surface area contributed by atoms with Gasteiger partial charge in [0, 0.05) is 32.6 Å². The first-order valence-electron chi connectivity index (χ1n) is 16.1. The van der Waals surface area contributed by atoms with Gasteiger partial charge < -0.3 is 13.6 Å². The highest BCUT2D eigenvalue weighted by atomic mass is 16.3. The van der Waals surface area contributed by atoms with E-state index in [4.69, 9.17) is 11.0 Å². The summed E-state index contributed by atoms with van der Waals surface area (Å²) in [7, 11) is 0. The summed E-state index contributed by atoms with van der Waals surface area (Å²) >= 11 is 0. The van der Waals surface area contributed by atoms with E-state index in [1.165, 1.54) is 16.3 Å². The lowest BCUT2D eigenvalue weighted by atomic mass is 10.00. The second-order valence-electron chi connectivity index (χ2n) is 12.3. The molecular weight excluding hydrogens is 601 g/mol. The molecule has 5 nitrogen and oxygen atoms in total. The number of rotatable bonds is 3. The Kier molecular flexibility index (Phi) is 5.64. The summed E-state index contributed by atoms with van der Waals surface area (Å²) in [6.07, 6.45) is 0. The molecule has 10 rings (SSSR count). The van der Waals surface area contributed by atoms with E-state index in [1.54, 1.807) is 6.07 Å². The first-order valence-corrected chi connectivity index (χ1v) is 16.1. The third kappa shape index (κ3) is 3.79. The molecule has 0 bridgehead atoms. The van der Waals surface area contributed by atoms with Gasteiger partial charge in [-0.25, -0.2) is 4.85 Å². The second-order valence-corrected chi connectivity index (χ2v) is 12.3. The van der Waals surface area contributed by atoms with E-state index in [0.29, 0.717) is 16.9 Å². The summed E-state index contributed by atoms with van der Waals surface area (Å²) in [5.74, 6) is 0. The largest absolute Gasteiger partial charge is 0.455 e. The van der Waals surface area contributed by atoms with Gasteiger partial charge in [0.25, 0.3) is 0 Å². The Morgan fingerprint density at radius 2 is 1.22 bits per heavy atom. The minimum atomic E-state index is 0.333. The Hall–Kier alpha value is -7.08. The number of benzene rings is 7. The van der Waals surface area contributed by atoms with Gasteiger partial charge in [0.2, 0.25) is 5.69 Å². The Bertz CT molecular complexity index is 3070. The Morgan fingerprint density at radius 3 is 2.02 bits per heavy atom. The number of furan rings is 1. The van der Waals surface area contributed by atoms with E-state index in [-0.39, 0.29) is 0 Å². The van der Waals surface area contributed by atoms with E-state index in [0.717, 1.165) is 66.1 Å². The Balaban J connectivity index is 1.28. The predicted molar refractivity (Wildman–Crippen MR) is 199 cm³/mol. The van der Waals surface area contributed by atoms with Gasteiger partial charge in [-0.1, -0.05) is 78.9 Å². The average Bonchev–Trinajstić information content (AvgIpc) is 3.81. The van der Waals surface area contributed by atoms with E-state index < -0.39 is 0 Å². The maximum atomic E-state index is 10.2. The highest BCUT2D eigenvalue weighted by Gasteiger charge is 2.22. The first-order chi connectivity index (χ1) is 24.2. The fourth-order valence-electron chi connectivity index (χ4n) is 7.66. The fraction of sp³-hybridized carbons (Fsp3) is 0. The molecule has 0 atom stereocenters. The molecule has 0 radical (unpaired) electrons. The van der Waals surface area contributed by atoms with Crippen LogP contribution >= 0.6 is 0 Å². The van der Waals surface area contributed by atoms with E-state index >= 15 is 0 Å². The maximum absolute atomic E-state index is 10.2. The van der Waals surface area contributed by atoms with Crippen LogP contribution in [0.1, 0.15) is 5.56 Å². The van der Waals surface area contributed by atoms with Crippen LogP contribution in [0.3, 0.4) is 0 Å². The number of nitriles is 1. The van der Waals surface area contributed by atoms with Crippen LogP contribution in [-0.2, 0) is 0 Å². The van der Waals surface area contributed by atoms with Crippen LogP contribution in [0.5, 0.6) is 0 Å². The molecule has 10 aromatic rings. The third-order valence-corrected chi connectivity index (χ3v) is 9.79. The van der Waals surface area contributed by atoms with Gasteiger partial charge in [0.05, 0.1) is 51.3 Å². The van der Waals surface area contributed by atoms with Gasteiger partial charge in [-0.15, -0.1) is 0 Å². The molecule has 0 aliphatic heterocycles. The lowest BCUT2D eigenvalue weighted by Gasteiger charge is -2.11. The number of para-hydroxylation sites is 3. The zero-order valence-electron chi connectivity index (χ0n) is 26.1. The molecule has 0 aliphatic carbocycles. The second kappa shape index (κ2) is 10.2. The SMILES string of the molecule is [C-]#[N+]c1cccc(-n2c3ccc(-c4ccc5c(c4)c4ccccc4n5-c4ccccc4)cc3c3c4oc5ccccc5c4ccc32)c1C#N. The molecule has 3 heterocycles. The highest BCUT2D eigenvalue weighted by molar-refractivity contribution is 6.24. The van der Waals surface area contributed by atoms with E-state index in [1.807, 2.05) is 36.4 Å². The number of hydrogen-bond acceptors (Lipinski definition) is 2. The average molecular weight is 625 g/mol. The summed E-state index contributed by atoms with van der Waals surface area (Å²) in [4.78, 5) is 3.67. The van der Waals surface area contributed by atoms with Crippen LogP contribution in [0, 0.1) is 17.9 Å². The van der Waals surface area contributed by atoms with Crippen molar-refractivity contribution in [2.45, 2.75) is 0 Å². The number of hydrogen-bond donors (Lipinski definition) is 0. The van der Waals surface area contributed by atoms with Gasteiger partial charge in [0.1, 0.15) is 11.2 Å². The van der Waals surface area contributed by atoms with Crippen molar-refractivity contribution in [3.63, 3.8) is 0 Å². The molecule has 0 N–H and O–H groups in total. The molecule has 0 fully saturated rings. The molecule has 5 heteroatoms. The summed E-state index contributed by atoms with van der Waals surface area (Å²) in [6.45, 7) is 7.74. The van der Waals surface area contributed by atoms with Crippen LogP contribution in [0.15, 0.2) is 150 Å². The highest BCUT2D eigenvalue weighted by Crippen LogP contribution is 2.43. The first kappa shape index (κ1) is 27.1. The summed E-state index contributed by atoms with van der Waals surface area (Å²) in [6, 6.07) is 52.4. The van der Waals surface area contributed by atoms with Crippen molar-refractivity contribution in [1.29, 1.82) is 5.26 Å². The molecule has 0 saturated heterocycles. The van der Waals surface area contributed by atoms with Crippen LogP contribution in [0.2, 0.25) is 0 Å². The van der Waals surface area contributed by atoms with Crippen LogP contribution < -0.4 is 0 Å². The molecular formula is C44H24N4O. The standard InChI is InChI=1S/C44H24N4O/c1-46-36-14-9-16-38(35(36)26-45)48-40-22-19-28(25-34(40)43-41(48)23-20-32-31-13-6-8-17-42(31)49-44(32)43)27-18-21-39-33(24-27)30-12-5-7-15-37(30)47(39)29-10-3-2-4-11-29/h2-25H. The number of fused-ring (bicyclic) bond motifs is 10. The molecule has 0 aliphatic rings. The quantitative estimate of drug-likeness (QED) is 0.184. The Morgan fingerprint density at radius 1 is 0.551 bits per heavy atom. The van der Waals surface area contributed by atoms with E-state index in [9.17, 15) is 5.26 Å². The van der Waals surface area contributed by atoms with E-state index in [2.05, 4.69) is 123 Å². The Labute approximate surface area is 280 Å². The topological polar surface area (TPSA) is 51.1 Å². The molecule has 49 heavy (non-hydrogen) atoms. The summed E-state index contributed by atoms with van der Waals surface area (Å²) < 4.78 is 11.0. The molecule has 3 aromatic heterocycles. The molecule has 0 amide bonds. The summed E-state index contributed by atoms with van der Waals surface area (Å²) in [5.41, 5.74) is 10.5. The van der Waals surface area contributed by atoms with Crippen molar-refractivity contribution in [2.75, 3.05) is 0 Å². The van der Waals surface area contributed by atoms with Crippen LogP contribution in [0.25, 0.3) is 92.9 Å². The zero-order chi connectivity index (χ0) is 32.6. The van der Waals surface area contributed by atoms with Crippen LogP contribution in [0.4, 0.5) is 5.69 Å². The zero-order valence-corrected chi connectivity index (χ0v) is 26.1. The minimum absolute atomic E-state index is 0.333. The maximum Gasteiger partial charge on any atom is 0.206 e. The van der Waals surface area contributed by atoms with Gasteiger partial charge in [-0.05, 0) is 77.9 Å². The van der Waals surface area contributed by atoms with Crippen molar-refractivity contribution in [2.24, 2.45) is 0 Å². The van der Waals surface area contributed by atoms with Gasteiger partial charge in [-0.3, -0.25) is 0 Å². The minimum Gasteiger partial charge on any atom is -0.455 e. The lowest BCUT2D eigenvalue weighted by molar-refractivity contribution is 0.673. The molecule has 7 aromatic carbocycles. The lowest BCUT2D eigenvalue weighted by Crippen LogP contribution is -1.97. The van der Waals surface area contributed by atoms with Crippen molar-refractivity contribution < 1.29 is 4.42 Å². The number of nitrogens with zero attached hydrogens (tertiary/aromatic N) is 4. The normalized spacial score (nSPS) is 11.6. The third-order valence-electron chi connectivity index (χ3n) is 9.79. The molecule has 226 valence electrons. The fourth-order valence-corrected chi connectivity index (χ4v) is 7.66. The summed E-state index contributed by atoms with van der Waals surface area (Å²) in [5, 5.41) is 16.7. The smallest absolute Gasteiger partial charge is 0.206 e. The predicted octanol–water partition coefficient (Wildman–Crippen LogP) is 11.9. The molecule has 0 spiro atoms. The van der Waals surface area contributed by atoms with Crippen molar-refractivity contribution >= 4 is 71.2 Å². The van der Waals surface area contributed by atoms with Crippen molar-refractivity contribution in [3.8, 4) is 28.6 Å². The van der Waals surface area contributed by atoms with Gasteiger partial charge in [0.15, 0.2) is 0 Å². The van der Waals surface area contributed by atoms with Crippen LogP contribution in [-0.4, -0.2) is 9.13 Å². The van der Waals surface area contributed by atoms with Gasteiger partial charge >= 0.3 is 0 Å². The monoisotopic (exact) mass is 624 g/mol. The number of aromatic nitrogens is 2. The van der Waals surface area contributed by atoms with Gasteiger partial charge in [-0.2, -0.15) is 5.26 Å². The van der Waals surface area contributed by atoms with Crippen molar-refractivity contribution in [1.82, 2.24) is 9.13 Å². The molecule has 0 unspecified atom stereocenters. The van der Waals surface area contributed by atoms with Crippen molar-refractivity contribution in [3.05, 3.63) is 163 Å². The molecule has 0 saturated carbocycles.